The van der Waals surface area contributed by atoms with E-state index in [2.05, 4.69) is 15.5 Å². The summed E-state index contributed by atoms with van der Waals surface area (Å²) in [5.74, 6) is 0.966. The number of carbonyl (C=O) groups is 3. The lowest BCUT2D eigenvalue weighted by molar-refractivity contribution is -0.131. The van der Waals surface area contributed by atoms with E-state index in [1.54, 1.807) is 25.3 Å². The van der Waals surface area contributed by atoms with Gasteiger partial charge in [0.2, 0.25) is 5.91 Å². The standard InChI is InChI=1S/C24H34N4O5/c1-32-20-9-8-16(12-21(20)33-2)15-28-23(30)18(26-24(28)31)13-22(29)25-14-17-6-5-11-27-10-4-3-7-19(17)27/h8-9,12,17-19H,3-7,10-11,13-15H2,1-2H3,(H,25,29)(H,26,31)/t17-,18+,19+/m0/s1. The maximum atomic E-state index is 12.8. The molecule has 9 heteroatoms. The van der Waals surface area contributed by atoms with Crippen molar-refractivity contribution in [1.82, 2.24) is 20.4 Å². The highest BCUT2D eigenvalue weighted by atomic mass is 16.5. The molecule has 9 nitrogen and oxygen atoms in total. The Morgan fingerprint density at radius 3 is 2.67 bits per heavy atom. The summed E-state index contributed by atoms with van der Waals surface area (Å²) in [6.45, 7) is 3.05. The summed E-state index contributed by atoms with van der Waals surface area (Å²) < 4.78 is 10.5. The fourth-order valence-electron chi connectivity index (χ4n) is 5.34. The maximum absolute atomic E-state index is 12.8. The van der Waals surface area contributed by atoms with Crippen molar-refractivity contribution >= 4 is 17.8 Å². The molecule has 3 atom stereocenters. The molecule has 0 unspecified atom stereocenters. The molecule has 3 saturated heterocycles. The van der Waals surface area contributed by atoms with Crippen molar-refractivity contribution in [1.29, 1.82) is 0 Å². The van der Waals surface area contributed by atoms with Gasteiger partial charge in [0, 0.05) is 12.6 Å². The van der Waals surface area contributed by atoms with Crippen LogP contribution in [0.4, 0.5) is 4.79 Å². The first kappa shape index (κ1) is 23.4. The third-order valence-corrected chi connectivity index (χ3v) is 7.08. The second-order valence-electron chi connectivity index (χ2n) is 9.13. The van der Waals surface area contributed by atoms with Crippen LogP contribution in [0.5, 0.6) is 11.5 Å². The van der Waals surface area contributed by atoms with Crippen LogP contribution in [0.25, 0.3) is 0 Å². The number of hydrogen-bond acceptors (Lipinski definition) is 6. The lowest BCUT2D eigenvalue weighted by Gasteiger charge is -2.44. The van der Waals surface area contributed by atoms with Gasteiger partial charge in [0.1, 0.15) is 6.04 Å². The minimum Gasteiger partial charge on any atom is -0.493 e. The minimum atomic E-state index is -0.838. The lowest BCUT2D eigenvalue weighted by Crippen LogP contribution is -2.51. The average Bonchev–Trinajstić information content (AvgIpc) is 3.09. The number of rotatable bonds is 8. The summed E-state index contributed by atoms with van der Waals surface area (Å²) in [7, 11) is 3.08. The number of methoxy groups -OCH3 is 2. The quantitative estimate of drug-likeness (QED) is 0.577. The van der Waals surface area contributed by atoms with Crippen LogP contribution < -0.4 is 20.1 Å². The zero-order chi connectivity index (χ0) is 23.4. The van der Waals surface area contributed by atoms with Gasteiger partial charge in [-0.1, -0.05) is 12.5 Å². The second-order valence-corrected chi connectivity index (χ2v) is 9.13. The van der Waals surface area contributed by atoms with E-state index in [1.165, 1.54) is 32.8 Å². The van der Waals surface area contributed by atoms with Gasteiger partial charge in [0.15, 0.2) is 11.5 Å². The number of amides is 4. The van der Waals surface area contributed by atoms with E-state index in [4.69, 9.17) is 9.47 Å². The van der Waals surface area contributed by atoms with Gasteiger partial charge >= 0.3 is 6.03 Å². The number of hydrogen-bond donors (Lipinski definition) is 2. The lowest BCUT2D eigenvalue weighted by atomic mass is 9.83. The number of fused-ring (bicyclic) bond motifs is 1. The molecular formula is C24H34N4O5. The first-order valence-corrected chi connectivity index (χ1v) is 11.8. The Balaban J connectivity index is 1.30. The van der Waals surface area contributed by atoms with E-state index in [9.17, 15) is 14.4 Å². The summed E-state index contributed by atoms with van der Waals surface area (Å²) in [6.07, 6.45) is 5.96. The summed E-state index contributed by atoms with van der Waals surface area (Å²) >= 11 is 0. The molecule has 0 bridgehead atoms. The van der Waals surface area contributed by atoms with Crippen LogP contribution in [0.15, 0.2) is 18.2 Å². The Morgan fingerprint density at radius 2 is 1.88 bits per heavy atom. The minimum absolute atomic E-state index is 0.0475. The van der Waals surface area contributed by atoms with E-state index >= 15 is 0 Å². The van der Waals surface area contributed by atoms with E-state index in [-0.39, 0.29) is 24.8 Å². The topological polar surface area (TPSA) is 100 Å². The highest BCUT2D eigenvalue weighted by Gasteiger charge is 2.39. The molecule has 180 valence electrons. The second kappa shape index (κ2) is 10.4. The van der Waals surface area contributed by atoms with Gasteiger partial charge in [0.05, 0.1) is 27.2 Å². The van der Waals surface area contributed by atoms with E-state index in [1.807, 2.05) is 0 Å². The largest absolute Gasteiger partial charge is 0.493 e. The molecule has 2 N–H and O–H groups in total. The van der Waals surface area contributed by atoms with E-state index < -0.39 is 12.1 Å². The Kier molecular flexibility index (Phi) is 7.37. The van der Waals surface area contributed by atoms with Crippen molar-refractivity contribution in [3.05, 3.63) is 23.8 Å². The van der Waals surface area contributed by atoms with E-state index in [0.29, 0.717) is 30.0 Å². The van der Waals surface area contributed by atoms with Crippen molar-refractivity contribution in [2.45, 2.75) is 57.2 Å². The van der Waals surface area contributed by atoms with Gasteiger partial charge < -0.3 is 25.0 Å². The fourth-order valence-corrected chi connectivity index (χ4v) is 5.34. The molecule has 0 radical (unpaired) electrons. The molecule has 0 aromatic heterocycles. The molecule has 4 amide bonds. The van der Waals surface area contributed by atoms with Gasteiger partial charge in [-0.05, 0) is 62.4 Å². The number of piperidine rings is 2. The number of nitrogens with one attached hydrogen (secondary N) is 2. The summed E-state index contributed by atoms with van der Waals surface area (Å²) in [6, 6.07) is 4.47. The predicted octanol–water partition coefficient (Wildman–Crippen LogP) is 1.90. The highest BCUT2D eigenvalue weighted by Crippen LogP contribution is 2.31. The average molecular weight is 459 g/mol. The Bertz CT molecular complexity index is 890. The molecular weight excluding hydrogens is 424 g/mol. The first-order chi connectivity index (χ1) is 16.0. The molecule has 0 spiro atoms. The van der Waals surface area contributed by atoms with Crippen molar-refractivity contribution < 1.29 is 23.9 Å². The third-order valence-electron chi connectivity index (χ3n) is 7.08. The monoisotopic (exact) mass is 458 g/mol. The predicted molar refractivity (Wildman–Crippen MR) is 122 cm³/mol. The fraction of sp³-hybridized carbons (Fsp3) is 0.625. The Labute approximate surface area is 194 Å². The van der Waals surface area contributed by atoms with Gasteiger partial charge in [-0.3, -0.25) is 14.5 Å². The zero-order valence-electron chi connectivity index (χ0n) is 19.5. The molecule has 3 aliphatic rings. The molecule has 4 rings (SSSR count). The number of imide groups is 1. The highest BCUT2D eigenvalue weighted by molar-refractivity contribution is 6.05. The number of urea groups is 1. The van der Waals surface area contributed by atoms with Gasteiger partial charge in [-0.2, -0.15) is 0 Å². The van der Waals surface area contributed by atoms with Crippen LogP contribution in [0, 0.1) is 5.92 Å². The van der Waals surface area contributed by atoms with Crippen LogP contribution in [0.3, 0.4) is 0 Å². The van der Waals surface area contributed by atoms with Crippen molar-refractivity contribution in [2.24, 2.45) is 5.92 Å². The summed E-state index contributed by atoms with van der Waals surface area (Å²) in [5.41, 5.74) is 0.732. The molecule has 3 fully saturated rings. The molecule has 3 aliphatic heterocycles. The normalized spacial score (nSPS) is 25.4. The van der Waals surface area contributed by atoms with Crippen molar-refractivity contribution in [3.8, 4) is 11.5 Å². The number of benzene rings is 1. The molecule has 0 saturated carbocycles. The van der Waals surface area contributed by atoms with Crippen LogP contribution in [0.1, 0.15) is 44.1 Å². The van der Waals surface area contributed by atoms with Crippen LogP contribution in [-0.2, 0) is 16.1 Å². The van der Waals surface area contributed by atoms with Crippen LogP contribution in [-0.4, -0.2) is 73.6 Å². The van der Waals surface area contributed by atoms with Crippen LogP contribution in [0.2, 0.25) is 0 Å². The number of carbonyl (C=O) groups excluding carboxylic acids is 3. The summed E-state index contributed by atoms with van der Waals surface area (Å²) in [5, 5.41) is 5.67. The molecule has 3 heterocycles. The van der Waals surface area contributed by atoms with E-state index in [0.717, 1.165) is 30.0 Å². The Hall–Kier alpha value is -2.81. The van der Waals surface area contributed by atoms with Crippen molar-refractivity contribution in [2.75, 3.05) is 33.9 Å². The number of ether oxygens (including phenoxy) is 2. The molecule has 33 heavy (non-hydrogen) atoms. The first-order valence-electron chi connectivity index (χ1n) is 11.8. The SMILES string of the molecule is COc1ccc(CN2C(=O)N[C@H](CC(=O)NC[C@@H]3CCCN4CCCC[C@H]34)C2=O)cc1OC. The van der Waals surface area contributed by atoms with Gasteiger partial charge in [-0.25, -0.2) is 4.79 Å². The van der Waals surface area contributed by atoms with Gasteiger partial charge in [0.25, 0.3) is 5.91 Å². The smallest absolute Gasteiger partial charge is 0.325 e. The number of nitrogens with zero attached hydrogens (tertiary/aromatic N) is 2. The van der Waals surface area contributed by atoms with Crippen LogP contribution >= 0.6 is 0 Å². The zero-order valence-corrected chi connectivity index (χ0v) is 19.5. The molecule has 1 aromatic rings. The summed E-state index contributed by atoms with van der Waals surface area (Å²) in [4.78, 5) is 41.6. The van der Waals surface area contributed by atoms with Gasteiger partial charge in [-0.15, -0.1) is 0 Å². The van der Waals surface area contributed by atoms with Crippen molar-refractivity contribution in [3.63, 3.8) is 0 Å². The third kappa shape index (κ3) is 5.24. The molecule has 0 aliphatic carbocycles. The molecule has 1 aromatic carbocycles. The maximum Gasteiger partial charge on any atom is 0.325 e. The Morgan fingerprint density at radius 1 is 1.09 bits per heavy atom.